The second kappa shape index (κ2) is 6.72. The van der Waals surface area contributed by atoms with Crippen LogP contribution in [0.15, 0.2) is 0 Å². The van der Waals surface area contributed by atoms with Crippen molar-refractivity contribution in [3.05, 3.63) is 0 Å². The Balaban J connectivity index is 1.64. The molecule has 0 aromatic carbocycles. The fourth-order valence-corrected chi connectivity index (χ4v) is 3.26. The number of nitrogens with zero attached hydrogens (tertiary/aromatic N) is 1. The average Bonchev–Trinajstić information content (AvgIpc) is 2.34. The second-order valence-electron chi connectivity index (χ2n) is 5.90. The van der Waals surface area contributed by atoms with E-state index in [9.17, 15) is 5.11 Å². The molecule has 2 aliphatic rings. The van der Waals surface area contributed by atoms with Crippen molar-refractivity contribution < 1.29 is 5.11 Å². The topological polar surface area (TPSA) is 35.5 Å². The van der Waals surface area contributed by atoms with E-state index in [4.69, 9.17) is 0 Å². The number of aliphatic hydroxyl groups is 1. The van der Waals surface area contributed by atoms with Crippen molar-refractivity contribution in [3.8, 4) is 0 Å². The van der Waals surface area contributed by atoms with Gasteiger partial charge in [0, 0.05) is 19.1 Å². The van der Waals surface area contributed by atoms with Gasteiger partial charge in [-0.15, -0.1) is 0 Å². The minimum Gasteiger partial charge on any atom is -0.393 e. The first-order chi connectivity index (χ1) is 8.27. The van der Waals surface area contributed by atoms with Gasteiger partial charge in [0.1, 0.15) is 0 Å². The van der Waals surface area contributed by atoms with Gasteiger partial charge in [0.15, 0.2) is 0 Å². The van der Waals surface area contributed by atoms with E-state index < -0.39 is 0 Å². The molecule has 1 heterocycles. The maximum absolute atomic E-state index is 9.91. The van der Waals surface area contributed by atoms with Crippen LogP contribution in [0.5, 0.6) is 0 Å². The Kier molecular flexibility index (Phi) is 5.26. The summed E-state index contributed by atoms with van der Waals surface area (Å²) in [5.41, 5.74) is 0. The van der Waals surface area contributed by atoms with Crippen LogP contribution in [-0.4, -0.2) is 48.8 Å². The Labute approximate surface area is 106 Å². The standard InChI is InChI=1S/C14H28N2O/c1-16-9-5-4-7-13(16)11-15-10-12-6-2-3-8-14(12)17/h12-15,17H,2-11H2,1H3. The zero-order valence-electron chi connectivity index (χ0n) is 11.2. The molecule has 1 saturated heterocycles. The molecular weight excluding hydrogens is 212 g/mol. The summed E-state index contributed by atoms with van der Waals surface area (Å²) in [4.78, 5) is 2.48. The largest absolute Gasteiger partial charge is 0.393 e. The fourth-order valence-electron chi connectivity index (χ4n) is 3.26. The van der Waals surface area contributed by atoms with Crippen LogP contribution in [0, 0.1) is 5.92 Å². The zero-order chi connectivity index (χ0) is 12.1. The molecular formula is C14H28N2O. The number of aliphatic hydroxyl groups excluding tert-OH is 1. The first-order valence-electron chi connectivity index (χ1n) is 7.36. The molecule has 2 fully saturated rings. The van der Waals surface area contributed by atoms with Crippen LogP contribution in [0.1, 0.15) is 44.9 Å². The summed E-state index contributed by atoms with van der Waals surface area (Å²) in [6.07, 6.45) is 8.73. The summed E-state index contributed by atoms with van der Waals surface area (Å²) in [5, 5.41) is 13.5. The van der Waals surface area contributed by atoms with Gasteiger partial charge in [-0.2, -0.15) is 0 Å². The lowest BCUT2D eigenvalue weighted by Crippen LogP contribution is -2.45. The second-order valence-corrected chi connectivity index (χ2v) is 5.90. The maximum Gasteiger partial charge on any atom is 0.0580 e. The summed E-state index contributed by atoms with van der Waals surface area (Å²) in [5.74, 6) is 0.498. The molecule has 0 radical (unpaired) electrons. The lowest BCUT2D eigenvalue weighted by molar-refractivity contribution is 0.0678. The molecule has 0 aromatic rings. The molecule has 2 N–H and O–H groups in total. The predicted octanol–water partition coefficient (Wildman–Crippen LogP) is 1.61. The highest BCUT2D eigenvalue weighted by Crippen LogP contribution is 2.23. The van der Waals surface area contributed by atoms with Crippen molar-refractivity contribution in [3.63, 3.8) is 0 Å². The van der Waals surface area contributed by atoms with Gasteiger partial charge in [0.2, 0.25) is 0 Å². The number of hydrogen-bond acceptors (Lipinski definition) is 3. The molecule has 3 atom stereocenters. The van der Waals surface area contributed by atoms with E-state index in [1.54, 1.807) is 0 Å². The predicted molar refractivity (Wildman–Crippen MR) is 71.1 cm³/mol. The molecule has 3 unspecified atom stereocenters. The summed E-state index contributed by atoms with van der Waals surface area (Å²) in [6, 6.07) is 0.712. The van der Waals surface area contributed by atoms with Gasteiger partial charge < -0.3 is 15.3 Å². The zero-order valence-corrected chi connectivity index (χ0v) is 11.2. The summed E-state index contributed by atoms with van der Waals surface area (Å²) in [7, 11) is 2.24. The molecule has 2 rings (SSSR count). The van der Waals surface area contributed by atoms with Crippen LogP contribution in [0.3, 0.4) is 0 Å². The number of piperidine rings is 1. The summed E-state index contributed by atoms with van der Waals surface area (Å²) >= 11 is 0. The molecule has 0 bridgehead atoms. The van der Waals surface area contributed by atoms with E-state index in [1.165, 1.54) is 45.1 Å². The fraction of sp³-hybridized carbons (Fsp3) is 1.00. The SMILES string of the molecule is CN1CCCCC1CNCC1CCCCC1O. The number of likely N-dealkylation sites (N-methyl/N-ethyl adjacent to an activating group) is 1. The third-order valence-corrected chi connectivity index (χ3v) is 4.58. The Morgan fingerprint density at radius 2 is 1.82 bits per heavy atom. The van der Waals surface area contributed by atoms with Crippen molar-refractivity contribution >= 4 is 0 Å². The first-order valence-corrected chi connectivity index (χ1v) is 7.36. The molecule has 0 amide bonds. The van der Waals surface area contributed by atoms with Crippen molar-refractivity contribution in [2.75, 3.05) is 26.7 Å². The van der Waals surface area contributed by atoms with E-state index >= 15 is 0 Å². The Bertz CT molecular complexity index is 200. The van der Waals surface area contributed by atoms with E-state index in [2.05, 4.69) is 17.3 Å². The van der Waals surface area contributed by atoms with Gasteiger partial charge in [-0.1, -0.05) is 19.3 Å². The van der Waals surface area contributed by atoms with Crippen molar-refractivity contribution in [1.82, 2.24) is 10.2 Å². The quantitative estimate of drug-likeness (QED) is 0.784. The average molecular weight is 240 g/mol. The van der Waals surface area contributed by atoms with E-state index in [1.807, 2.05) is 0 Å². The summed E-state index contributed by atoms with van der Waals surface area (Å²) in [6.45, 7) is 3.35. The van der Waals surface area contributed by atoms with Crippen LogP contribution in [0.4, 0.5) is 0 Å². The smallest absolute Gasteiger partial charge is 0.0580 e. The Morgan fingerprint density at radius 3 is 2.59 bits per heavy atom. The van der Waals surface area contributed by atoms with Gasteiger partial charge in [0.25, 0.3) is 0 Å². The van der Waals surface area contributed by atoms with Crippen molar-refractivity contribution in [2.24, 2.45) is 5.92 Å². The van der Waals surface area contributed by atoms with Crippen molar-refractivity contribution in [2.45, 2.75) is 57.1 Å². The number of likely N-dealkylation sites (tertiary alicyclic amines) is 1. The first kappa shape index (κ1) is 13.3. The third-order valence-electron chi connectivity index (χ3n) is 4.58. The Hall–Kier alpha value is -0.120. The molecule has 1 aliphatic heterocycles. The highest BCUT2D eigenvalue weighted by molar-refractivity contribution is 4.79. The van der Waals surface area contributed by atoms with E-state index in [0.717, 1.165) is 19.5 Å². The highest BCUT2D eigenvalue weighted by atomic mass is 16.3. The number of nitrogens with one attached hydrogen (secondary N) is 1. The van der Waals surface area contributed by atoms with Gasteiger partial charge in [-0.3, -0.25) is 0 Å². The van der Waals surface area contributed by atoms with Crippen LogP contribution >= 0.6 is 0 Å². The van der Waals surface area contributed by atoms with Crippen LogP contribution in [0.2, 0.25) is 0 Å². The monoisotopic (exact) mass is 240 g/mol. The van der Waals surface area contributed by atoms with Crippen LogP contribution in [-0.2, 0) is 0 Å². The van der Waals surface area contributed by atoms with Gasteiger partial charge >= 0.3 is 0 Å². The Morgan fingerprint density at radius 1 is 1.06 bits per heavy atom. The van der Waals surface area contributed by atoms with Gasteiger partial charge in [-0.25, -0.2) is 0 Å². The van der Waals surface area contributed by atoms with Gasteiger partial charge in [0.05, 0.1) is 6.10 Å². The lowest BCUT2D eigenvalue weighted by Gasteiger charge is -2.34. The molecule has 17 heavy (non-hydrogen) atoms. The van der Waals surface area contributed by atoms with E-state index in [0.29, 0.717) is 12.0 Å². The van der Waals surface area contributed by atoms with Gasteiger partial charge in [-0.05, 0) is 45.2 Å². The number of hydrogen-bond donors (Lipinski definition) is 2. The van der Waals surface area contributed by atoms with Crippen molar-refractivity contribution in [1.29, 1.82) is 0 Å². The minimum atomic E-state index is -0.0552. The molecule has 3 nitrogen and oxygen atoms in total. The van der Waals surface area contributed by atoms with Crippen LogP contribution in [0.25, 0.3) is 0 Å². The van der Waals surface area contributed by atoms with Crippen LogP contribution < -0.4 is 5.32 Å². The molecule has 0 spiro atoms. The molecule has 100 valence electrons. The third kappa shape index (κ3) is 3.94. The molecule has 1 saturated carbocycles. The van der Waals surface area contributed by atoms with E-state index in [-0.39, 0.29) is 6.10 Å². The number of rotatable bonds is 4. The highest BCUT2D eigenvalue weighted by Gasteiger charge is 2.23. The minimum absolute atomic E-state index is 0.0552. The maximum atomic E-state index is 9.91. The lowest BCUT2D eigenvalue weighted by atomic mass is 9.86. The molecule has 0 aromatic heterocycles. The summed E-state index contributed by atoms with van der Waals surface area (Å²) < 4.78 is 0. The molecule has 1 aliphatic carbocycles. The molecule has 3 heteroatoms. The normalized spacial score (nSPS) is 36.0.